The molecule has 0 bridgehead atoms. The van der Waals surface area contributed by atoms with Crippen LogP contribution in [-0.4, -0.2) is 27.8 Å². The van der Waals surface area contributed by atoms with E-state index < -0.39 is 0 Å². The van der Waals surface area contributed by atoms with Crippen LogP contribution in [0.25, 0.3) is 0 Å². The Morgan fingerprint density at radius 3 is 2.53 bits per heavy atom. The Balaban J connectivity index is 3.05. The van der Waals surface area contributed by atoms with E-state index in [1.807, 2.05) is 13.1 Å². The Morgan fingerprint density at radius 2 is 2.00 bits per heavy atom. The number of benzene rings is 1. The van der Waals surface area contributed by atoms with Gasteiger partial charge in [-0.25, -0.2) is 0 Å². The van der Waals surface area contributed by atoms with E-state index in [0.29, 0.717) is 0 Å². The normalized spacial score (nSPS) is 10.1. The van der Waals surface area contributed by atoms with Crippen LogP contribution < -0.4 is 14.8 Å². The van der Waals surface area contributed by atoms with Crippen molar-refractivity contribution >= 4 is 15.9 Å². The molecule has 0 amide bonds. The summed E-state index contributed by atoms with van der Waals surface area (Å²) in [4.78, 5) is 0. The lowest BCUT2D eigenvalue weighted by Crippen LogP contribution is -2.11. The third-order valence-electron chi connectivity index (χ3n) is 2.16. The molecule has 0 spiro atoms. The summed E-state index contributed by atoms with van der Waals surface area (Å²) in [6.45, 7) is 0.913. The van der Waals surface area contributed by atoms with Crippen molar-refractivity contribution in [1.29, 1.82) is 0 Å². The largest absolute Gasteiger partial charge is 0.493 e. The highest BCUT2D eigenvalue weighted by molar-refractivity contribution is 9.10. The zero-order valence-corrected chi connectivity index (χ0v) is 10.8. The Bertz CT molecular complexity index is 329. The fraction of sp³-hybridized carbons (Fsp3) is 0.455. The minimum atomic E-state index is 0.762. The van der Waals surface area contributed by atoms with E-state index >= 15 is 0 Å². The monoisotopic (exact) mass is 273 g/mol. The zero-order valence-electron chi connectivity index (χ0n) is 9.26. The highest BCUT2D eigenvalue weighted by Gasteiger charge is 2.10. The summed E-state index contributed by atoms with van der Waals surface area (Å²) >= 11 is 3.45. The van der Waals surface area contributed by atoms with E-state index in [2.05, 4.69) is 27.3 Å². The van der Waals surface area contributed by atoms with E-state index in [1.165, 1.54) is 0 Å². The third-order valence-corrected chi connectivity index (χ3v) is 2.62. The van der Waals surface area contributed by atoms with Crippen molar-refractivity contribution in [3.63, 3.8) is 0 Å². The number of methoxy groups -OCH3 is 2. The molecular weight excluding hydrogens is 258 g/mol. The van der Waals surface area contributed by atoms with E-state index in [9.17, 15) is 0 Å². The minimum Gasteiger partial charge on any atom is -0.493 e. The predicted molar refractivity (Wildman–Crippen MR) is 64.9 cm³/mol. The molecule has 3 nitrogen and oxygen atoms in total. The summed E-state index contributed by atoms with van der Waals surface area (Å²) in [5.74, 6) is 1.58. The van der Waals surface area contributed by atoms with Crippen molar-refractivity contribution in [3.8, 4) is 11.5 Å². The summed E-state index contributed by atoms with van der Waals surface area (Å²) in [5.41, 5.74) is 1.14. The molecule has 1 aromatic rings. The first kappa shape index (κ1) is 12.3. The van der Waals surface area contributed by atoms with E-state index in [-0.39, 0.29) is 0 Å². The van der Waals surface area contributed by atoms with E-state index in [4.69, 9.17) is 9.47 Å². The molecule has 1 N–H and O–H groups in total. The van der Waals surface area contributed by atoms with Crippen LogP contribution in [0.2, 0.25) is 0 Å². The lowest BCUT2D eigenvalue weighted by Gasteiger charge is -2.13. The minimum absolute atomic E-state index is 0.762. The summed E-state index contributed by atoms with van der Waals surface area (Å²) in [6.07, 6.45) is 0.912. The van der Waals surface area contributed by atoms with Crippen LogP contribution in [0, 0.1) is 0 Å². The summed E-state index contributed by atoms with van der Waals surface area (Å²) in [5, 5.41) is 3.11. The van der Waals surface area contributed by atoms with Gasteiger partial charge in [-0.1, -0.05) is 15.9 Å². The number of hydrogen-bond donors (Lipinski definition) is 1. The Labute approximate surface area is 98.9 Å². The molecule has 15 heavy (non-hydrogen) atoms. The van der Waals surface area contributed by atoms with Gasteiger partial charge in [-0.3, -0.25) is 0 Å². The molecule has 0 aliphatic rings. The molecule has 0 saturated heterocycles. The fourth-order valence-electron chi connectivity index (χ4n) is 1.45. The molecule has 0 unspecified atom stereocenters. The second-order valence-electron chi connectivity index (χ2n) is 3.15. The second kappa shape index (κ2) is 5.98. The molecule has 0 atom stereocenters. The Hall–Kier alpha value is -0.740. The lowest BCUT2D eigenvalue weighted by molar-refractivity contribution is 0.351. The van der Waals surface area contributed by atoms with Gasteiger partial charge in [-0.15, -0.1) is 0 Å². The molecule has 0 aliphatic carbocycles. The van der Waals surface area contributed by atoms with Gasteiger partial charge in [0.1, 0.15) is 0 Å². The molecule has 84 valence electrons. The van der Waals surface area contributed by atoms with Crippen molar-refractivity contribution in [1.82, 2.24) is 5.32 Å². The van der Waals surface area contributed by atoms with Crippen LogP contribution in [0.1, 0.15) is 5.56 Å². The van der Waals surface area contributed by atoms with Crippen molar-refractivity contribution < 1.29 is 9.47 Å². The Morgan fingerprint density at radius 1 is 1.27 bits per heavy atom. The van der Waals surface area contributed by atoms with Gasteiger partial charge in [0.25, 0.3) is 0 Å². The zero-order chi connectivity index (χ0) is 11.3. The Kier molecular flexibility index (Phi) is 4.91. The van der Waals surface area contributed by atoms with Crippen LogP contribution in [0.4, 0.5) is 0 Å². The molecule has 0 saturated carbocycles. The summed E-state index contributed by atoms with van der Waals surface area (Å²) in [6, 6.07) is 3.96. The average molecular weight is 274 g/mol. The average Bonchev–Trinajstić information content (AvgIpc) is 2.25. The second-order valence-corrected chi connectivity index (χ2v) is 4.07. The smallest absolute Gasteiger partial charge is 0.164 e. The van der Waals surface area contributed by atoms with Gasteiger partial charge in [0, 0.05) is 10.0 Å². The van der Waals surface area contributed by atoms with Crippen LogP contribution in [0.3, 0.4) is 0 Å². The van der Waals surface area contributed by atoms with Crippen LogP contribution in [-0.2, 0) is 6.42 Å². The molecule has 0 aliphatic heterocycles. The maximum atomic E-state index is 5.35. The number of nitrogens with one attached hydrogen (secondary N) is 1. The van der Waals surface area contributed by atoms with E-state index in [0.717, 1.165) is 34.5 Å². The van der Waals surface area contributed by atoms with Crippen molar-refractivity contribution in [3.05, 3.63) is 22.2 Å². The number of rotatable bonds is 5. The summed E-state index contributed by atoms with van der Waals surface area (Å²) in [7, 11) is 5.24. The van der Waals surface area contributed by atoms with Gasteiger partial charge in [0.15, 0.2) is 11.5 Å². The maximum absolute atomic E-state index is 5.35. The van der Waals surface area contributed by atoms with Gasteiger partial charge in [0.2, 0.25) is 0 Å². The molecule has 1 aromatic carbocycles. The lowest BCUT2D eigenvalue weighted by atomic mass is 10.1. The first-order chi connectivity index (χ1) is 7.22. The molecule has 4 heteroatoms. The van der Waals surface area contributed by atoms with E-state index in [1.54, 1.807) is 14.2 Å². The molecule has 0 aromatic heterocycles. The summed E-state index contributed by atoms with van der Waals surface area (Å²) < 4.78 is 11.6. The quantitative estimate of drug-likeness (QED) is 0.893. The number of hydrogen-bond acceptors (Lipinski definition) is 3. The van der Waals surface area contributed by atoms with Gasteiger partial charge < -0.3 is 14.8 Å². The molecule has 1 rings (SSSR count). The first-order valence-electron chi connectivity index (χ1n) is 4.78. The van der Waals surface area contributed by atoms with Gasteiger partial charge in [-0.05, 0) is 32.1 Å². The van der Waals surface area contributed by atoms with Gasteiger partial charge in [-0.2, -0.15) is 0 Å². The van der Waals surface area contributed by atoms with Crippen molar-refractivity contribution in [2.75, 3.05) is 27.8 Å². The maximum Gasteiger partial charge on any atom is 0.164 e. The molecule has 0 radical (unpaired) electrons. The standard InChI is InChI=1S/C11H16BrNO2/c1-13-5-4-8-6-9(12)7-10(14-2)11(8)15-3/h6-7,13H,4-5H2,1-3H3. The highest BCUT2D eigenvalue weighted by atomic mass is 79.9. The van der Waals surface area contributed by atoms with Crippen LogP contribution in [0.5, 0.6) is 11.5 Å². The number of ether oxygens (including phenoxy) is 2. The van der Waals surface area contributed by atoms with Crippen LogP contribution in [0.15, 0.2) is 16.6 Å². The van der Waals surface area contributed by atoms with Gasteiger partial charge in [0.05, 0.1) is 14.2 Å². The molecule has 0 fully saturated rings. The van der Waals surface area contributed by atoms with Crippen molar-refractivity contribution in [2.24, 2.45) is 0 Å². The third kappa shape index (κ3) is 3.11. The number of halogens is 1. The molecular formula is C11H16BrNO2. The van der Waals surface area contributed by atoms with Gasteiger partial charge >= 0.3 is 0 Å². The van der Waals surface area contributed by atoms with Crippen LogP contribution >= 0.6 is 15.9 Å². The number of likely N-dealkylation sites (N-methyl/N-ethyl adjacent to an activating group) is 1. The fourth-order valence-corrected chi connectivity index (χ4v) is 1.94. The van der Waals surface area contributed by atoms with Crippen molar-refractivity contribution in [2.45, 2.75) is 6.42 Å². The predicted octanol–water partition coefficient (Wildman–Crippen LogP) is 2.23. The topological polar surface area (TPSA) is 30.5 Å². The molecule has 0 heterocycles. The highest BCUT2D eigenvalue weighted by Crippen LogP contribution is 2.34. The first-order valence-corrected chi connectivity index (χ1v) is 5.57. The SMILES string of the molecule is CNCCc1cc(Br)cc(OC)c1OC.